The zero-order valence-corrected chi connectivity index (χ0v) is 13.7. The van der Waals surface area contributed by atoms with Crippen molar-refractivity contribution in [3.8, 4) is 0 Å². The Hall–Kier alpha value is -0.610. The first kappa shape index (κ1) is 18.4. The molecule has 1 aliphatic rings. The second-order valence-electron chi connectivity index (χ2n) is 6.19. The van der Waals surface area contributed by atoms with E-state index in [0.29, 0.717) is 18.6 Å². The molecule has 0 amide bonds. The molecule has 4 nitrogen and oxygen atoms in total. The number of aliphatic hydroxyl groups excluding tert-OH is 1. The van der Waals surface area contributed by atoms with Gasteiger partial charge in [0.25, 0.3) is 0 Å². The third kappa shape index (κ3) is 9.86. The smallest absolute Gasteiger partial charge is 0.305 e. The number of carbonyl (C=O) groups is 1. The lowest BCUT2D eigenvalue weighted by molar-refractivity contribution is -0.146. The van der Waals surface area contributed by atoms with Gasteiger partial charge in [0.2, 0.25) is 0 Å². The minimum Gasteiger partial charge on any atom is -0.463 e. The van der Waals surface area contributed by atoms with Crippen molar-refractivity contribution in [1.82, 2.24) is 0 Å². The van der Waals surface area contributed by atoms with Crippen molar-refractivity contribution in [2.45, 2.75) is 96.4 Å². The number of rotatable bonds is 13. The van der Waals surface area contributed by atoms with Gasteiger partial charge in [-0.3, -0.25) is 4.79 Å². The van der Waals surface area contributed by atoms with Crippen molar-refractivity contribution in [1.29, 1.82) is 0 Å². The van der Waals surface area contributed by atoms with Crippen LogP contribution in [0.1, 0.15) is 78.1 Å². The first-order valence-electron chi connectivity index (χ1n) is 8.62. The first-order chi connectivity index (χ1) is 10.1. The number of carbonyl (C=O) groups excluding carboxylic acids is 1. The van der Waals surface area contributed by atoms with Crippen LogP contribution in [-0.4, -0.2) is 36.0 Å². The third-order valence-electron chi connectivity index (χ3n) is 3.88. The van der Waals surface area contributed by atoms with Crippen molar-refractivity contribution in [3.63, 3.8) is 0 Å². The van der Waals surface area contributed by atoms with Crippen LogP contribution in [0.15, 0.2) is 0 Å². The molecular weight excluding hydrogens is 268 g/mol. The molecule has 0 aromatic rings. The van der Waals surface area contributed by atoms with Gasteiger partial charge < -0.3 is 14.6 Å². The molecule has 3 atom stereocenters. The largest absolute Gasteiger partial charge is 0.463 e. The molecule has 0 aliphatic carbocycles. The van der Waals surface area contributed by atoms with Gasteiger partial charge in [0.1, 0.15) is 6.61 Å². The van der Waals surface area contributed by atoms with Crippen molar-refractivity contribution in [3.05, 3.63) is 0 Å². The Morgan fingerprint density at radius 3 is 2.38 bits per heavy atom. The van der Waals surface area contributed by atoms with E-state index in [1.54, 1.807) is 6.92 Å². The molecule has 1 aliphatic heterocycles. The van der Waals surface area contributed by atoms with Crippen LogP contribution in [0.5, 0.6) is 0 Å². The molecule has 1 N–H and O–H groups in total. The zero-order valence-electron chi connectivity index (χ0n) is 13.7. The lowest BCUT2D eigenvalue weighted by Gasteiger charge is -2.06. The highest BCUT2D eigenvalue weighted by Gasteiger charge is 2.36. The first-order valence-corrected chi connectivity index (χ1v) is 8.62. The lowest BCUT2D eigenvalue weighted by atomic mass is 10.1. The second kappa shape index (κ2) is 11.0. The Labute approximate surface area is 129 Å². The summed E-state index contributed by atoms with van der Waals surface area (Å²) in [6.07, 6.45) is 11.6. The molecule has 124 valence electrons. The topological polar surface area (TPSA) is 59.1 Å². The van der Waals surface area contributed by atoms with E-state index in [1.807, 2.05) is 0 Å². The Morgan fingerprint density at radius 1 is 1.10 bits per heavy atom. The van der Waals surface area contributed by atoms with Gasteiger partial charge in [-0.1, -0.05) is 45.4 Å². The molecule has 0 aromatic carbocycles. The van der Waals surface area contributed by atoms with Gasteiger partial charge in [-0.05, 0) is 26.2 Å². The molecule has 1 heterocycles. The van der Waals surface area contributed by atoms with Crippen molar-refractivity contribution in [2.75, 3.05) is 6.61 Å². The molecule has 1 saturated heterocycles. The summed E-state index contributed by atoms with van der Waals surface area (Å²) < 4.78 is 10.6. The predicted molar refractivity (Wildman–Crippen MR) is 83.1 cm³/mol. The zero-order chi connectivity index (χ0) is 15.5. The summed E-state index contributed by atoms with van der Waals surface area (Å²) in [5.74, 6) is -0.193. The SMILES string of the molecule is CCCCC1OC1CCCCCCCC(=O)OCC(C)O. The summed E-state index contributed by atoms with van der Waals surface area (Å²) in [5, 5.41) is 9.00. The van der Waals surface area contributed by atoms with Gasteiger partial charge in [-0.2, -0.15) is 0 Å². The molecular formula is C17H32O4. The van der Waals surface area contributed by atoms with Crippen LogP contribution in [0.4, 0.5) is 0 Å². The second-order valence-corrected chi connectivity index (χ2v) is 6.19. The molecule has 4 heteroatoms. The number of ether oxygens (including phenoxy) is 2. The maximum Gasteiger partial charge on any atom is 0.305 e. The summed E-state index contributed by atoms with van der Waals surface area (Å²) in [6.45, 7) is 3.95. The number of aliphatic hydroxyl groups is 1. The normalized spacial score (nSPS) is 22.0. The maximum atomic E-state index is 11.3. The Balaban J connectivity index is 1.80. The lowest BCUT2D eigenvalue weighted by Crippen LogP contribution is -2.14. The molecule has 21 heavy (non-hydrogen) atoms. The predicted octanol–water partition coefficient (Wildman–Crippen LogP) is 3.60. The molecule has 1 rings (SSSR count). The molecule has 0 radical (unpaired) electrons. The monoisotopic (exact) mass is 300 g/mol. The quantitative estimate of drug-likeness (QED) is 0.321. The summed E-state index contributed by atoms with van der Waals surface area (Å²) in [6, 6.07) is 0. The van der Waals surface area contributed by atoms with E-state index in [-0.39, 0.29) is 12.6 Å². The number of hydrogen-bond acceptors (Lipinski definition) is 4. The van der Waals surface area contributed by atoms with Crippen LogP contribution in [0, 0.1) is 0 Å². The van der Waals surface area contributed by atoms with Crippen LogP contribution in [0.25, 0.3) is 0 Å². The van der Waals surface area contributed by atoms with E-state index < -0.39 is 6.10 Å². The summed E-state index contributed by atoms with van der Waals surface area (Å²) in [4.78, 5) is 11.3. The van der Waals surface area contributed by atoms with Gasteiger partial charge >= 0.3 is 5.97 Å². The van der Waals surface area contributed by atoms with Gasteiger partial charge in [0, 0.05) is 6.42 Å². The van der Waals surface area contributed by atoms with Gasteiger partial charge in [-0.25, -0.2) is 0 Å². The van der Waals surface area contributed by atoms with Crippen LogP contribution < -0.4 is 0 Å². The number of esters is 1. The van der Waals surface area contributed by atoms with Crippen molar-refractivity contribution >= 4 is 5.97 Å². The van der Waals surface area contributed by atoms with Crippen molar-refractivity contribution < 1.29 is 19.4 Å². The fourth-order valence-corrected chi connectivity index (χ4v) is 2.52. The average molecular weight is 300 g/mol. The summed E-state index contributed by atoms with van der Waals surface area (Å²) in [7, 11) is 0. The summed E-state index contributed by atoms with van der Waals surface area (Å²) >= 11 is 0. The van der Waals surface area contributed by atoms with Crippen LogP contribution >= 0.6 is 0 Å². The Bertz CT molecular complexity index is 278. The van der Waals surface area contributed by atoms with E-state index in [9.17, 15) is 4.79 Å². The molecule has 0 spiro atoms. The fraction of sp³-hybridized carbons (Fsp3) is 0.941. The van der Waals surface area contributed by atoms with Gasteiger partial charge in [0.15, 0.2) is 0 Å². The van der Waals surface area contributed by atoms with Gasteiger partial charge in [0.05, 0.1) is 18.3 Å². The van der Waals surface area contributed by atoms with Crippen LogP contribution in [-0.2, 0) is 14.3 Å². The Morgan fingerprint density at radius 2 is 1.71 bits per heavy atom. The highest BCUT2D eigenvalue weighted by molar-refractivity contribution is 5.69. The van der Waals surface area contributed by atoms with Crippen LogP contribution in [0.2, 0.25) is 0 Å². The van der Waals surface area contributed by atoms with E-state index in [0.717, 1.165) is 12.8 Å². The number of epoxide rings is 1. The molecule has 0 bridgehead atoms. The molecule has 3 unspecified atom stereocenters. The highest BCUT2D eigenvalue weighted by atomic mass is 16.6. The third-order valence-corrected chi connectivity index (χ3v) is 3.88. The van der Waals surface area contributed by atoms with Gasteiger partial charge in [-0.15, -0.1) is 0 Å². The molecule has 1 fully saturated rings. The fourth-order valence-electron chi connectivity index (χ4n) is 2.52. The maximum absolute atomic E-state index is 11.3. The van der Waals surface area contributed by atoms with E-state index in [2.05, 4.69) is 6.92 Å². The minimum atomic E-state index is -0.570. The van der Waals surface area contributed by atoms with Crippen molar-refractivity contribution in [2.24, 2.45) is 0 Å². The highest BCUT2D eigenvalue weighted by Crippen LogP contribution is 2.31. The Kier molecular flexibility index (Phi) is 9.68. The van der Waals surface area contributed by atoms with E-state index in [1.165, 1.54) is 44.9 Å². The standard InChI is InChI=1S/C17H32O4/c1-3-4-10-15-16(21-15)11-8-6-5-7-9-12-17(19)20-13-14(2)18/h14-16,18H,3-13H2,1-2H3. The molecule has 0 aromatic heterocycles. The van der Waals surface area contributed by atoms with E-state index >= 15 is 0 Å². The number of hydrogen-bond donors (Lipinski definition) is 1. The average Bonchev–Trinajstić information content (AvgIpc) is 3.20. The molecule has 0 saturated carbocycles. The number of unbranched alkanes of at least 4 members (excludes halogenated alkanes) is 5. The minimum absolute atomic E-state index is 0.111. The van der Waals surface area contributed by atoms with Crippen LogP contribution in [0.3, 0.4) is 0 Å². The summed E-state index contributed by atoms with van der Waals surface area (Å²) in [5.41, 5.74) is 0. The van der Waals surface area contributed by atoms with E-state index in [4.69, 9.17) is 14.6 Å².